The summed E-state index contributed by atoms with van der Waals surface area (Å²) in [4.78, 5) is 42.7. The summed E-state index contributed by atoms with van der Waals surface area (Å²) in [6.07, 6.45) is 1.48. The molecule has 1 aromatic heterocycles. The van der Waals surface area contributed by atoms with Crippen molar-refractivity contribution in [2.75, 3.05) is 26.2 Å². The number of benzene rings is 1. The van der Waals surface area contributed by atoms with Crippen LogP contribution < -0.4 is 16.0 Å². The molecule has 3 rings (SSSR count). The number of ether oxygens (including phenoxy) is 1. The standard InChI is InChI=1S/C19H24N4O3.C2H4O2/c1-13-21-17-7-10-23(9-6-16(17)19(25)22-13)18(24)12-14-2-4-15(5-3-14)26-11-8-20;1-2(3)4/h2-5H,6-12,20H2,1H3,(H,21,22,25);1H3,(H,3,4). The topological polar surface area (TPSA) is 139 Å². The Morgan fingerprint density at radius 2 is 1.87 bits per heavy atom. The molecule has 30 heavy (non-hydrogen) atoms. The van der Waals surface area contributed by atoms with Crippen LogP contribution in [0.2, 0.25) is 0 Å². The highest BCUT2D eigenvalue weighted by molar-refractivity contribution is 5.79. The minimum Gasteiger partial charge on any atom is -0.492 e. The van der Waals surface area contributed by atoms with Gasteiger partial charge in [-0.05, 0) is 31.0 Å². The zero-order valence-electron chi connectivity index (χ0n) is 17.3. The van der Waals surface area contributed by atoms with Crippen LogP contribution in [0.25, 0.3) is 0 Å². The van der Waals surface area contributed by atoms with Gasteiger partial charge in [-0.15, -0.1) is 0 Å². The lowest BCUT2D eigenvalue weighted by atomic mass is 10.1. The third kappa shape index (κ3) is 7.00. The van der Waals surface area contributed by atoms with Crippen LogP contribution in [-0.4, -0.2) is 58.1 Å². The molecule has 0 radical (unpaired) electrons. The highest BCUT2D eigenvalue weighted by atomic mass is 16.5. The van der Waals surface area contributed by atoms with Gasteiger partial charge in [-0.25, -0.2) is 4.98 Å². The van der Waals surface area contributed by atoms with E-state index in [-0.39, 0.29) is 11.5 Å². The van der Waals surface area contributed by atoms with Crippen LogP contribution in [0.3, 0.4) is 0 Å². The molecule has 1 aliphatic heterocycles. The predicted molar refractivity (Wildman–Crippen MR) is 112 cm³/mol. The number of carbonyl (C=O) groups excluding carboxylic acids is 1. The van der Waals surface area contributed by atoms with E-state index in [0.717, 1.165) is 23.9 Å². The normalized spacial score (nSPS) is 12.8. The number of amides is 1. The minimum atomic E-state index is -0.833. The summed E-state index contributed by atoms with van der Waals surface area (Å²) in [5.74, 6) is 0.588. The number of nitrogens with two attached hydrogens (primary N) is 1. The maximum absolute atomic E-state index is 12.7. The first kappa shape index (κ1) is 23.1. The van der Waals surface area contributed by atoms with Gasteiger partial charge in [0.1, 0.15) is 18.2 Å². The number of nitrogens with zero attached hydrogens (tertiary/aromatic N) is 2. The van der Waals surface area contributed by atoms with Gasteiger partial charge in [0.05, 0.1) is 12.1 Å². The van der Waals surface area contributed by atoms with Crippen molar-refractivity contribution in [2.45, 2.75) is 33.1 Å². The number of nitrogens with one attached hydrogen (secondary N) is 1. The Balaban J connectivity index is 0.000000735. The summed E-state index contributed by atoms with van der Waals surface area (Å²) in [6.45, 7) is 4.92. The fraction of sp³-hybridized carbons (Fsp3) is 0.429. The SMILES string of the molecule is CC(=O)O.Cc1nc2c(c(=O)[nH]1)CCN(C(=O)Cc1ccc(OCCN)cc1)CC2. The lowest BCUT2D eigenvalue weighted by Gasteiger charge is -2.20. The van der Waals surface area contributed by atoms with Crippen molar-refractivity contribution in [3.63, 3.8) is 0 Å². The molecule has 0 fully saturated rings. The quantitative estimate of drug-likeness (QED) is 0.651. The lowest BCUT2D eigenvalue weighted by Crippen LogP contribution is -2.34. The van der Waals surface area contributed by atoms with Crippen LogP contribution in [0.15, 0.2) is 29.1 Å². The van der Waals surface area contributed by atoms with E-state index in [4.69, 9.17) is 20.4 Å². The zero-order chi connectivity index (χ0) is 22.1. The first-order chi connectivity index (χ1) is 14.3. The van der Waals surface area contributed by atoms with Crippen LogP contribution in [0.5, 0.6) is 5.75 Å². The van der Waals surface area contributed by atoms with Gasteiger partial charge < -0.3 is 25.5 Å². The number of carboxylic acids is 1. The highest BCUT2D eigenvalue weighted by Crippen LogP contribution is 2.15. The van der Waals surface area contributed by atoms with Crippen molar-refractivity contribution in [3.05, 3.63) is 57.3 Å². The Bertz CT molecular complexity index is 920. The third-order valence-corrected chi connectivity index (χ3v) is 4.49. The van der Waals surface area contributed by atoms with Crippen molar-refractivity contribution in [2.24, 2.45) is 5.73 Å². The van der Waals surface area contributed by atoms with E-state index < -0.39 is 5.97 Å². The molecular weight excluding hydrogens is 388 g/mol. The van der Waals surface area contributed by atoms with Crippen molar-refractivity contribution in [1.29, 1.82) is 0 Å². The summed E-state index contributed by atoms with van der Waals surface area (Å²) < 4.78 is 5.44. The molecule has 0 atom stereocenters. The van der Waals surface area contributed by atoms with Crippen LogP contribution in [0.1, 0.15) is 29.6 Å². The molecule has 9 nitrogen and oxygen atoms in total. The van der Waals surface area contributed by atoms with E-state index in [2.05, 4.69) is 9.97 Å². The molecule has 0 unspecified atom stereocenters. The molecule has 0 saturated carbocycles. The molecule has 9 heteroatoms. The van der Waals surface area contributed by atoms with Gasteiger partial charge in [0.25, 0.3) is 11.5 Å². The van der Waals surface area contributed by atoms with E-state index >= 15 is 0 Å². The number of carbonyl (C=O) groups is 2. The monoisotopic (exact) mass is 416 g/mol. The van der Waals surface area contributed by atoms with Crippen LogP contribution in [0.4, 0.5) is 0 Å². The van der Waals surface area contributed by atoms with Crippen molar-refractivity contribution >= 4 is 11.9 Å². The number of hydrogen-bond donors (Lipinski definition) is 3. The Hall–Kier alpha value is -3.20. The maximum atomic E-state index is 12.7. The smallest absolute Gasteiger partial charge is 0.300 e. The fourth-order valence-electron chi connectivity index (χ4n) is 3.15. The van der Waals surface area contributed by atoms with E-state index in [1.807, 2.05) is 29.2 Å². The van der Waals surface area contributed by atoms with E-state index in [0.29, 0.717) is 56.9 Å². The Kier molecular flexibility index (Phi) is 8.54. The molecule has 162 valence electrons. The molecule has 2 heterocycles. The van der Waals surface area contributed by atoms with Crippen molar-refractivity contribution in [3.8, 4) is 5.75 Å². The maximum Gasteiger partial charge on any atom is 0.300 e. The Morgan fingerprint density at radius 3 is 2.50 bits per heavy atom. The minimum absolute atomic E-state index is 0.0570. The first-order valence-corrected chi connectivity index (χ1v) is 9.78. The summed E-state index contributed by atoms with van der Waals surface area (Å²) in [5, 5.41) is 7.42. The van der Waals surface area contributed by atoms with Gasteiger partial charge in [0.2, 0.25) is 5.91 Å². The molecule has 1 aliphatic rings. The molecule has 1 aromatic carbocycles. The number of hydrogen-bond acceptors (Lipinski definition) is 6. The predicted octanol–water partition coefficient (Wildman–Crippen LogP) is 0.677. The molecule has 4 N–H and O–H groups in total. The number of rotatable bonds is 5. The first-order valence-electron chi connectivity index (χ1n) is 9.78. The molecular formula is C21H28N4O5. The number of aliphatic carboxylic acids is 1. The van der Waals surface area contributed by atoms with Crippen LogP contribution in [-0.2, 0) is 28.9 Å². The van der Waals surface area contributed by atoms with Crippen LogP contribution in [0, 0.1) is 6.92 Å². The third-order valence-electron chi connectivity index (χ3n) is 4.49. The van der Waals surface area contributed by atoms with Gasteiger partial charge in [0, 0.05) is 38.5 Å². The molecule has 0 spiro atoms. The number of carboxylic acid groups (broad SMARTS) is 1. The Labute approximate surface area is 174 Å². The molecule has 2 aromatic rings. The van der Waals surface area contributed by atoms with Gasteiger partial charge in [0.15, 0.2) is 0 Å². The van der Waals surface area contributed by atoms with Gasteiger partial charge in [-0.1, -0.05) is 12.1 Å². The van der Waals surface area contributed by atoms with Gasteiger partial charge in [-0.2, -0.15) is 0 Å². The van der Waals surface area contributed by atoms with E-state index in [9.17, 15) is 9.59 Å². The van der Waals surface area contributed by atoms with E-state index in [1.165, 1.54) is 0 Å². The highest BCUT2D eigenvalue weighted by Gasteiger charge is 2.21. The van der Waals surface area contributed by atoms with Gasteiger partial charge in [-0.3, -0.25) is 14.4 Å². The molecule has 1 amide bonds. The second-order valence-corrected chi connectivity index (χ2v) is 6.93. The average Bonchev–Trinajstić information content (AvgIpc) is 2.90. The summed E-state index contributed by atoms with van der Waals surface area (Å²) >= 11 is 0. The lowest BCUT2D eigenvalue weighted by molar-refractivity contribution is -0.134. The molecule has 0 saturated heterocycles. The molecule has 0 aliphatic carbocycles. The summed E-state index contributed by atoms with van der Waals surface area (Å²) in [7, 11) is 0. The number of fused-ring (bicyclic) bond motifs is 1. The summed E-state index contributed by atoms with van der Waals surface area (Å²) in [5.41, 5.74) is 7.77. The largest absolute Gasteiger partial charge is 0.492 e. The zero-order valence-corrected chi connectivity index (χ0v) is 17.3. The number of aromatic nitrogens is 2. The van der Waals surface area contributed by atoms with E-state index in [1.54, 1.807) is 6.92 Å². The summed E-state index contributed by atoms with van der Waals surface area (Å²) in [6, 6.07) is 7.49. The Morgan fingerprint density at radius 1 is 1.23 bits per heavy atom. The van der Waals surface area contributed by atoms with Crippen molar-refractivity contribution < 1.29 is 19.4 Å². The second kappa shape index (κ2) is 11.1. The number of H-pyrrole nitrogens is 1. The van der Waals surface area contributed by atoms with Crippen molar-refractivity contribution in [1.82, 2.24) is 14.9 Å². The number of aryl methyl sites for hydroxylation is 1. The average molecular weight is 416 g/mol. The number of aromatic amines is 1. The van der Waals surface area contributed by atoms with Crippen LogP contribution >= 0.6 is 0 Å². The second-order valence-electron chi connectivity index (χ2n) is 6.93. The van der Waals surface area contributed by atoms with Gasteiger partial charge >= 0.3 is 0 Å². The fourth-order valence-corrected chi connectivity index (χ4v) is 3.15. The molecule has 0 bridgehead atoms.